The fraction of sp³-hybridized carbons (Fsp3) is 0.412. The van der Waals surface area contributed by atoms with Gasteiger partial charge in [0, 0.05) is 32.2 Å². The zero-order valence-electron chi connectivity index (χ0n) is 14.4. The molecule has 0 saturated heterocycles. The number of thioether (sulfide) groups is 1. The standard InChI is InChI=1S/C17H21N5O2S/c1-3-24-10-6-9-18-14(23)11-25-17-19-16-15(20-21-17)12-7-4-5-8-13(12)22(16)2/h4-5,7-8H,3,6,9-11H2,1-2H3,(H,18,23). The number of para-hydroxylation sites is 1. The summed E-state index contributed by atoms with van der Waals surface area (Å²) in [5.41, 5.74) is 2.62. The predicted molar refractivity (Wildman–Crippen MR) is 98.7 cm³/mol. The van der Waals surface area contributed by atoms with Crippen LogP contribution in [0.15, 0.2) is 29.4 Å². The van der Waals surface area contributed by atoms with Crippen molar-refractivity contribution < 1.29 is 9.53 Å². The van der Waals surface area contributed by atoms with Gasteiger partial charge in [0.1, 0.15) is 5.52 Å². The Labute approximate surface area is 150 Å². The zero-order valence-corrected chi connectivity index (χ0v) is 15.2. The Hall–Kier alpha value is -2.19. The molecular weight excluding hydrogens is 338 g/mol. The van der Waals surface area contributed by atoms with Gasteiger partial charge in [0.05, 0.1) is 11.3 Å². The molecule has 2 aromatic heterocycles. The van der Waals surface area contributed by atoms with E-state index in [1.165, 1.54) is 11.8 Å². The molecule has 0 aliphatic heterocycles. The van der Waals surface area contributed by atoms with E-state index in [1.807, 2.05) is 42.8 Å². The summed E-state index contributed by atoms with van der Waals surface area (Å²) in [4.78, 5) is 16.4. The first-order chi connectivity index (χ1) is 12.2. The normalized spacial score (nSPS) is 11.3. The lowest BCUT2D eigenvalue weighted by molar-refractivity contribution is -0.118. The van der Waals surface area contributed by atoms with Crippen molar-refractivity contribution in [2.75, 3.05) is 25.5 Å². The topological polar surface area (TPSA) is 81.9 Å². The van der Waals surface area contributed by atoms with Gasteiger partial charge in [-0.2, -0.15) is 0 Å². The van der Waals surface area contributed by atoms with Crippen LogP contribution in [-0.4, -0.2) is 51.2 Å². The summed E-state index contributed by atoms with van der Waals surface area (Å²) in [6, 6.07) is 8.00. The molecule has 1 amide bonds. The Bertz CT molecular complexity index is 880. The summed E-state index contributed by atoms with van der Waals surface area (Å²) in [6.07, 6.45) is 0.810. The SMILES string of the molecule is CCOCCCNC(=O)CSc1nnc2c3ccccc3n(C)c2n1. The predicted octanol–water partition coefficient (Wildman–Crippen LogP) is 2.15. The summed E-state index contributed by atoms with van der Waals surface area (Å²) in [6.45, 7) is 3.93. The van der Waals surface area contributed by atoms with Crippen molar-refractivity contribution in [3.05, 3.63) is 24.3 Å². The van der Waals surface area contributed by atoms with Crippen LogP contribution in [0.2, 0.25) is 0 Å². The van der Waals surface area contributed by atoms with Crippen LogP contribution in [0.25, 0.3) is 22.1 Å². The average molecular weight is 359 g/mol. The fourth-order valence-electron chi connectivity index (χ4n) is 2.58. The number of aryl methyl sites for hydroxylation is 1. The molecule has 0 aliphatic rings. The lowest BCUT2D eigenvalue weighted by atomic mass is 10.2. The molecule has 2 heterocycles. The largest absolute Gasteiger partial charge is 0.382 e. The molecule has 0 aliphatic carbocycles. The third kappa shape index (κ3) is 4.08. The number of carbonyl (C=O) groups excluding carboxylic acids is 1. The fourth-order valence-corrected chi connectivity index (χ4v) is 3.19. The Morgan fingerprint density at radius 1 is 1.32 bits per heavy atom. The maximum atomic E-state index is 11.9. The van der Waals surface area contributed by atoms with Gasteiger partial charge in [-0.25, -0.2) is 4.98 Å². The van der Waals surface area contributed by atoms with Gasteiger partial charge in [0.2, 0.25) is 11.1 Å². The van der Waals surface area contributed by atoms with Crippen molar-refractivity contribution in [1.29, 1.82) is 0 Å². The van der Waals surface area contributed by atoms with Crippen molar-refractivity contribution >= 4 is 39.7 Å². The minimum atomic E-state index is -0.0396. The number of benzene rings is 1. The van der Waals surface area contributed by atoms with Gasteiger partial charge in [-0.1, -0.05) is 30.0 Å². The third-order valence-corrected chi connectivity index (χ3v) is 4.65. The highest BCUT2D eigenvalue weighted by Crippen LogP contribution is 2.25. The van der Waals surface area contributed by atoms with E-state index in [4.69, 9.17) is 4.74 Å². The van der Waals surface area contributed by atoms with Crippen molar-refractivity contribution in [2.24, 2.45) is 7.05 Å². The van der Waals surface area contributed by atoms with Crippen LogP contribution in [0.4, 0.5) is 0 Å². The molecule has 0 bridgehead atoms. The molecule has 0 fully saturated rings. The van der Waals surface area contributed by atoms with Crippen molar-refractivity contribution in [3.63, 3.8) is 0 Å². The van der Waals surface area contributed by atoms with E-state index >= 15 is 0 Å². The highest BCUT2D eigenvalue weighted by molar-refractivity contribution is 7.99. The number of carbonyl (C=O) groups is 1. The monoisotopic (exact) mass is 359 g/mol. The lowest BCUT2D eigenvalue weighted by Gasteiger charge is -2.04. The van der Waals surface area contributed by atoms with Crippen molar-refractivity contribution in [1.82, 2.24) is 25.1 Å². The van der Waals surface area contributed by atoms with E-state index < -0.39 is 0 Å². The number of rotatable bonds is 8. The number of fused-ring (bicyclic) bond motifs is 3. The van der Waals surface area contributed by atoms with Crippen molar-refractivity contribution in [3.8, 4) is 0 Å². The first-order valence-corrected chi connectivity index (χ1v) is 9.24. The molecule has 7 nitrogen and oxygen atoms in total. The van der Waals surface area contributed by atoms with Crippen LogP contribution in [0.3, 0.4) is 0 Å². The van der Waals surface area contributed by atoms with Gasteiger partial charge in [0.15, 0.2) is 5.65 Å². The summed E-state index contributed by atoms with van der Waals surface area (Å²) in [5.74, 6) is 0.230. The minimum Gasteiger partial charge on any atom is -0.382 e. The lowest BCUT2D eigenvalue weighted by Crippen LogP contribution is -2.27. The molecule has 1 N–H and O–H groups in total. The van der Waals surface area contributed by atoms with Gasteiger partial charge in [-0.15, -0.1) is 10.2 Å². The number of aromatic nitrogens is 4. The van der Waals surface area contributed by atoms with E-state index in [0.29, 0.717) is 24.9 Å². The number of nitrogens with one attached hydrogen (secondary N) is 1. The van der Waals surface area contributed by atoms with Gasteiger partial charge >= 0.3 is 0 Å². The van der Waals surface area contributed by atoms with Gasteiger partial charge in [0.25, 0.3) is 0 Å². The van der Waals surface area contributed by atoms with E-state index in [0.717, 1.165) is 28.5 Å². The quantitative estimate of drug-likeness (QED) is 0.490. The molecule has 3 aromatic rings. The molecule has 0 spiro atoms. The Balaban J connectivity index is 1.62. The molecule has 0 saturated carbocycles. The minimum absolute atomic E-state index is 0.0396. The highest BCUT2D eigenvalue weighted by atomic mass is 32.2. The first kappa shape index (κ1) is 17.6. The molecule has 132 valence electrons. The Morgan fingerprint density at radius 3 is 3.00 bits per heavy atom. The zero-order chi connectivity index (χ0) is 17.6. The van der Waals surface area contributed by atoms with Crippen molar-refractivity contribution in [2.45, 2.75) is 18.5 Å². The van der Waals surface area contributed by atoms with Crippen LogP contribution >= 0.6 is 11.8 Å². The summed E-state index contributed by atoms with van der Waals surface area (Å²) < 4.78 is 7.23. The van der Waals surface area contributed by atoms with E-state index in [2.05, 4.69) is 20.5 Å². The molecule has 1 aromatic carbocycles. The maximum absolute atomic E-state index is 11.9. The average Bonchev–Trinajstić information content (AvgIpc) is 2.92. The number of ether oxygens (including phenoxy) is 1. The smallest absolute Gasteiger partial charge is 0.230 e. The van der Waals surface area contributed by atoms with Gasteiger partial charge in [-0.3, -0.25) is 4.79 Å². The molecule has 25 heavy (non-hydrogen) atoms. The number of nitrogens with zero attached hydrogens (tertiary/aromatic N) is 4. The second kappa shape index (κ2) is 8.26. The molecule has 3 rings (SSSR count). The van der Waals surface area contributed by atoms with E-state index in [-0.39, 0.29) is 11.7 Å². The molecule has 8 heteroatoms. The van der Waals surface area contributed by atoms with Crippen LogP contribution in [0.5, 0.6) is 0 Å². The number of hydrogen-bond donors (Lipinski definition) is 1. The summed E-state index contributed by atoms with van der Waals surface area (Å²) in [7, 11) is 1.96. The third-order valence-electron chi connectivity index (χ3n) is 3.81. The Kier molecular flexibility index (Phi) is 5.83. The van der Waals surface area contributed by atoms with Crippen LogP contribution in [0, 0.1) is 0 Å². The van der Waals surface area contributed by atoms with E-state index in [1.54, 1.807) is 0 Å². The maximum Gasteiger partial charge on any atom is 0.230 e. The first-order valence-electron chi connectivity index (χ1n) is 8.25. The molecular formula is C17H21N5O2S. The van der Waals surface area contributed by atoms with E-state index in [9.17, 15) is 4.79 Å². The van der Waals surface area contributed by atoms with Crippen LogP contribution in [0.1, 0.15) is 13.3 Å². The van der Waals surface area contributed by atoms with Crippen LogP contribution < -0.4 is 5.32 Å². The molecule has 0 atom stereocenters. The molecule has 0 radical (unpaired) electrons. The number of hydrogen-bond acceptors (Lipinski definition) is 6. The second-order valence-electron chi connectivity index (χ2n) is 5.53. The van der Waals surface area contributed by atoms with Crippen LogP contribution in [-0.2, 0) is 16.6 Å². The second-order valence-corrected chi connectivity index (χ2v) is 6.47. The Morgan fingerprint density at radius 2 is 2.16 bits per heavy atom. The number of amides is 1. The highest BCUT2D eigenvalue weighted by Gasteiger charge is 2.13. The van der Waals surface area contributed by atoms with Gasteiger partial charge < -0.3 is 14.6 Å². The molecule has 0 unspecified atom stereocenters. The summed E-state index contributed by atoms with van der Waals surface area (Å²) in [5, 5.41) is 12.8. The summed E-state index contributed by atoms with van der Waals surface area (Å²) >= 11 is 1.29. The van der Waals surface area contributed by atoms with Gasteiger partial charge in [-0.05, 0) is 19.4 Å².